The molecule has 0 aliphatic rings. The fourth-order valence-electron chi connectivity index (χ4n) is 2.63. The zero-order valence-electron chi connectivity index (χ0n) is 15.6. The Bertz CT molecular complexity index is 1040. The molecule has 0 fully saturated rings. The summed E-state index contributed by atoms with van der Waals surface area (Å²) in [5.74, 6) is -1.16. The highest BCUT2D eigenvalue weighted by Gasteiger charge is 2.13. The lowest BCUT2D eigenvalue weighted by Crippen LogP contribution is -2.23. The third-order valence-electron chi connectivity index (χ3n) is 4.13. The van der Waals surface area contributed by atoms with Gasteiger partial charge in [-0.2, -0.15) is 0 Å². The molecular formula is C22H19ClFN3O2. The highest BCUT2D eigenvalue weighted by molar-refractivity contribution is 6.33. The summed E-state index contributed by atoms with van der Waals surface area (Å²) in [7, 11) is 0. The third-order valence-corrected chi connectivity index (χ3v) is 4.44. The van der Waals surface area contributed by atoms with E-state index in [1.54, 1.807) is 24.3 Å². The molecule has 148 valence electrons. The minimum Gasteiger partial charge on any atom is -0.376 e. The van der Waals surface area contributed by atoms with E-state index in [-0.39, 0.29) is 23.4 Å². The lowest BCUT2D eigenvalue weighted by molar-refractivity contribution is -0.114. The largest absolute Gasteiger partial charge is 0.376 e. The van der Waals surface area contributed by atoms with Crippen molar-refractivity contribution in [2.75, 3.05) is 22.5 Å². The quantitative estimate of drug-likeness (QED) is 0.529. The molecule has 0 saturated carbocycles. The average Bonchev–Trinajstić information content (AvgIpc) is 2.70. The fraction of sp³-hybridized carbons (Fsp3) is 0.0909. The van der Waals surface area contributed by atoms with Crippen LogP contribution < -0.4 is 16.0 Å². The van der Waals surface area contributed by atoms with Crippen LogP contribution in [0.2, 0.25) is 5.02 Å². The predicted octanol–water partition coefficient (Wildman–Crippen LogP) is 5.09. The molecule has 0 spiro atoms. The zero-order chi connectivity index (χ0) is 20.8. The van der Waals surface area contributed by atoms with Gasteiger partial charge in [0.15, 0.2) is 0 Å². The van der Waals surface area contributed by atoms with Crippen molar-refractivity contribution in [1.29, 1.82) is 0 Å². The van der Waals surface area contributed by atoms with Crippen molar-refractivity contribution in [3.8, 4) is 0 Å². The Morgan fingerprint density at radius 1 is 0.931 bits per heavy atom. The molecule has 0 unspecified atom stereocenters. The minimum absolute atomic E-state index is 0.0947. The van der Waals surface area contributed by atoms with Gasteiger partial charge in [-0.15, -0.1) is 0 Å². The Kier molecular flexibility index (Phi) is 6.46. The van der Waals surface area contributed by atoms with Crippen molar-refractivity contribution in [3.63, 3.8) is 0 Å². The van der Waals surface area contributed by atoms with Crippen LogP contribution in [0, 0.1) is 12.7 Å². The molecule has 0 bridgehead atoms. The van der Waals surface area contributed by atoms with Gasteiger partial charge in [0.05, 0.1) is 22.8 Å². The molecule has 0 atom stereocenters. The van der Waals surface area contributed by atoms with E-state index in [9.17, 15) is 14.0 Å². The number of carbonyl (C=O) groups is 2. The van der Waals surface area contributed by atoms with Crippen molar-refractivity contribution in [2.24, 2.45) is 0 Å². The lowest BCUT2D eigenvalue weighted by atomic mass is 10.1. The lowest BCUT2D eigenvalue weighted by Gasteiger charge is -2.13. The molecule has 5 nitrogen and oxygen atoms in total. The van der Waals surface area contributed by atoms with Crippen LogP contribution in [0.1, 0.15) is 15.9 Å². The van der Waals surface area contributed by atoms with Gasteiger partial charge in [-0.25, -0.2) is 4.39 Å². The molecule has 3 aromatic carbocycles. The molecule has 0 saturated heterocycles. The average molecular weight is 412 g/mol. The van der Waals surface area contributed by atoms with Crippen molar-refractivity contribution in [3.05, 3.63) is 88.7 Å². The number of para-hydroxylation sites is 1. The Labute approximate surface area is 172 Å². The standard InChI is InChI=1S/C22H19ClFN3O2/c1-14-6-9-16(10-7-14)26-22(29)17-4-2-3-5-19(17)25-13-21(28)27-20-11-8-15(24)12-18(20)23/h2-12,25H,13H2,1H3,(H,26,29)(H,27,28). The summed E-state index contributed by atoms with van der Waals surface area (Å²) < 4.78 is 13.1. The van der Waals surface area contributed by atoms with Gasteiger partial charge in [0.1, 0.15) is 5.82 Å². The predicted molar refractivity (Wildman–Crippen MR) is 114 cm³/mol. The Morgan fingerprint density at radius 3 is 2.38 bits per heavy atom. The van der Waals surface area contributed by atoms with Crippen LogP contribution in [0.15, 0.2) is 66.7 Å². The van der Waals surface area contributed by atoms with Gasteiger partial charge in [0, 0.05) is 11.4 Å². The second-order valence-electron chi connectivity index (χ2n) is 6.39. The van der Waals surface area contributed by atoms with Gasteiger partial charge in [0.2, 0.25) is 5.91 Å². The maximum Gasteiger partial charge on any atom is 0.257 e. The van der Waals surface area contributed by atoms with E-state index >= 15 is 0 Å². The monoisotopic (exact) mass is 411 g/mol. The summed E-state index contributed by atoms with van der Waals surface area (Å²) in [6.07, 6.45) is 0. The smallest absolute Gasteiger partial charge is 0.257 e. The van der Waals surface area contributed by atoms with Crippen LogP contribution in [0.4, 0.5) is 21.5 Å². The van der Waals surface area contributed by atoms with Crippen LogP contribution in [0.5, 0.6) is 0 Å². The van der Waals surface area contributed by atoms with Crippen LogP contribution in [0.25, 0.3) is 0 Å². The summed E-state index contributed by atoms with van der Waals surface area (Å²) in [4.78, 5) is 24.8. The SMILES string of the molecule is Cc1ccc(NC(=O)c2ccccc2NCC(=O)Nc2ccc(F)cc2Cl)cc1. The molecule has 0 aliphatic carbocycles. The molecule has 0 aliphatic heterocycles. The number of nitrogens with one attached hydrogen (secondary N) is 3. The van der Waals surface area contributed by atoms with Crippen LogP contribution in [-0.2, 0) is 4.79 Å². The summed E-state index contributed by atoms with van der Waals surface area (Å²) in [5.41, 5.74) is 3.00. The van der Waals surface area contributed by atoms with Crippen molar-refractivity contribution >= 4 is 40.5 Å². The molecule has 3 N–H and O–H groups in total. The van der Waals surface area contributed by atoms with E-state index < -0.39 is 5.82 Å². The van der Waals surface area contributed by atoms with Gasteiger partial charge in [-0.05, 0) is 49.4 Å². The number of benzene rings is 3. The Morgan fingerprint density at radius 2 is 1.66 bits per heavy atom. The van der Waals surface area contributed by atoms with Gasteiger partial charge in [-0.3, -0.25) is 9.59 Å². The number of aryl methyl sites for hydroxylation is 1. The number of rotatable bonds is 6. The Hall–Kier alpha value is -3.38. The van der Waals surface area contributed by atoms with Gasteiger partial charge in [0.25, 0.3) is 5.91 Å². The number of carbonyl (C=O) groups excluding carboxylic acids is 2. The molecule has 0 heterocycles. The summed E-state index contributed by atoms with van der Waals surface area (Å²) in [6, 6.07) is 18.1. The maximum atomic E-state index is 13.1. The first-order valence-electron chi connectivity index (χ1n) is 8.88. The summed E-state index contributed by atoms with van der Waals surface area (Å²) >= 11 is 5.92. The number of anilines is 3. The van der Waals surface area contributed by atoms with E-state index in [0.29, 0.717) is 22.6 Å². The first-order chi connectivity index (χ1) is 13.9. The number of amides is 2. The topological polar surface area (TPSA) is 70.2 Å². The molecule has 7 heteroatoms. The number of hydrogen-bond donors (Lipinski definition) is 3. The molecule has 0 radical (unpaired) electrons. The second-order valence-corrected chi connectivity index (χ2v) is 6.80. The van der Waals surface area contributed by atoms with E-state index in [2.05, 4.69) is 16.0 Å². The van der Waals surface area contributed by atoms with Crippen molar-refractivity contribution < 1.29 is 14.0 Å². The molecule has 0 aromatic heterocycles. The van der Waals surface area contributed by atoms with Crippen molar-refractivity contribution in [1.82, 2.24) is 0 Å². The molecule has 3 aromatic rings. The minimum atomic E-state index is -0.486. The van der Waals surface area contributed by atoms with E-state index in [4.69, 9.17) is 11.6 Å². The van der Waals surface area contributed by atoms with Crippen LogP contribution in [0.3, 0.4) is 0 Å². The van der Waals surface area contributed by atoms with Crippen molar-refractivity contribution in [2.45, 2.75) is 6.92 Å². The molecular weight excluding hydrogens is 393 g/mol. The Balaban J connectivity index is 1.64. The fourth-order valence-corrected chi connectivity index (χ4v) is 2.85. The summed E-state index contributed by atoms with van der Waals surface area (Å²) in [6.45, 7) is 1.87. The van der Waals surface area contributed by atoms with E-state index in [1.807, 2.05) is 31.2 Å². The maximum absolute atomic E-state index is 13.1. The molecule has 3 rings (SSSR count). The summed E-state index contributed by atoms with van der Waals surface area (Å²) in [5, 5.41) is 8.49. The highest BCUT2D eigenvalue weighted by atomic mass is 35.5. The van der Waals surface area contributed by atoms with Gasteiger partial charge >= 0.3 is 0 Å². The van der Waals surface area contributed by atoms with E-state index in [1.165, 1.54) is 12.1 Å². The zero-order valence-corrected chi connectivity index (χ0v) is 16.4. The van der Waals surface area contributed by atoms with E-state index in [0.717, 1.165) is 11.6 Å². The highest BCUT2D eigenvalue weighted by Crippen LogP contribution is 2.22. The van der Waals surface area contributed by atoms with Crippen LogP contribution in [-0.4, -0.2) is 18.4 Å². The third kappa shape index (κ3) is 5.56. The van der Waals surface area contributed by atoms with Crippen LogP contribution >= 0.6 is 11.6 Å². The molecule has 29 heavy (non-hydrogen) atoms. The van der Waals surface area contributed by atoms with Gasteiger partial charge in [-0.1, -0.05) is 41.4 Å². The normalized spacial score (nSPS) is 10.3. The van der Waals surface area contributed by atoms with Gasteiger partial charge < -0.3 is 16.0 Å². The number of hydrogen-bond acceptors (Lipinski definition) is 3. The second kappa shape index (κ2) is 9.21. The first kappa shape index (κ1) is 20.4. The molecule has 2 amide bonds. The number of halogens is 2. The first-order valence-corrected chi connectivity index (χ1v) is 9.26.